The Balaban J connectivity index is 1.76. The molecule has 3 aromatic rings. The molecule has 7 heteroatoms. The molecule has 0 saturated heterocycles. The zero-order valence-electron chi connectivity index (χ0n) is 14.5. The van der Waals surface area contributed by atoms with Crippen LogP contribution in [0.1, 0.15) is 21.7 Å². The quantitative estimate of drug-likeness (QED) is 0.771. The summed E-state index contributed by atoms with van der Waals surface area (Å²) in [6.45, 7) is 2.15. The Hall–Kier alpha value is -3.22. The van der Waals surface area contributed by atoms with Crippen molar-refractivity contribution >= 4 is 11.7 Å². The molecule has 128 valence electrons. The van der Waals surface area contributed by atoms with Crippen LogP contribution in [-0.2, 0) is 6.54 Å². The topological polar surface area (TPSA) is 75.9 Å². The first-order valence-corrected chi connectivity index (χ1v) is 7.95. The molecule has 0 saturated carbocycles. The summed E-state index contributed by atoms with van der Waals surface area (Å²) >= 11 is 0. The van der Waals surface area contributed by atoms with Crippen molar-refractivity contribution in [1.29, 1.82) is 0 Å². The summed E-state index contributed by atoms with van der Waals surface area (Å²) in [6.07, 6.45) is 1.73. The number of nitrogens with one attached hydrogen (secondary N) is 1. The number of aromatic nitrogens is 4. The average molecular weight is 336 g/mol. The van der Waals surface area contributed by atoms with Gasteiger partial charge < -0.3 is 10.2 Å². The van der Waals surface area contributed by atoms with Gasteiger partial charge in [-0.2, -0.15) is 9.90 Å². The molecule has 2 aromatic heterocycles. The van der Waals surface area contributed by atoms with Crippen molar-refractivity contribution in [3.05, 3.63) is 65.6 Å². The van der Waals surface area contributed by atoms with Crippen LogP contribution in [0.3, 0.4) is 0 Å². The predicted molar refractivity (Wildman–Crippen MR) is 95.8 cm³/mol. The molecular weight excluding hydrogens is 316 g/mol. The van der Waals surface area contributed by atoms with Crippen molar-refractivity contribution < 1.29 is 4.79 Å². The summed E-state index contributed by atoms with van der Waals surface area (Å²) in [5, 5.41) is 11.5. The second-order valence-electron chi connectivity index (χ2n) is 5.82. The molecule has 0 bridgehead atoms. The van der Waals surface area contributed by atoms with Crippen molar-refractivity contribution in [2.45, 2.75) is 13.5 Å². The van der Waals surface area contributed by atoms with Crippen LogP contribution in [0.15, 0.2) is 48.7 Å². The van der Waals surface area contributed by atoms with Crippen LogP contribution >= 0.6 is 0 Å². The molecule has 0 radical (unpaired) electrons. The molecule has 7 nitrogen and oxygen atoms in total. The molecule has 0 atom stereocenters. The van der Waals surface area contributed by atoms with Crippen molar-refractivity contribution in [3.8, 4) is 5.69 Å². The van der Waals surface area contributed by atoms with Crippen LogP contribution in [0, 0.1) is 6.92 Å². The third-order valence-electron chi connectivity index (χ3n) is 3.71. The molecule has 0 unspecified atom stereocenters. The summed E-state index contributed by atoms with van der Waals surface area (Å²) in [6, 6.07) is 13.3. The number of carbonyl (C=O) groups is 1. The van der Waals surface area contributed by atoms with Gasteiger partial charge in [0.15, 0.2) is 5.69 Å². The van der Waals surface area contributed by atoms with E-state index in [4.69, 9.17) is 0 Å². The Morgan fingerprint density at radius 3 is 2.60 bits per heavy atom. The SMILES string of the molecule is Cc1nn(-c2ccccc2)nc1C(=O)NCc1cccnc1N(C)C. The summed E-state index contributed by atoms with van der Waals surface area (Å²) < 4.78 is 0. The number of carbonyl (C=O) groups excluding carboxylic acids is 1. The lowest BCUT2D eigenvalue weighted by molar-refractivity contribution is 0.0945. The van der Waals surface area contributed by atoms with E-state index in [1.165, 1.54) is 4.80 Å². The number of hydrogen-bond donors (Lipinski definition) is 1. The van der Waals surface area contributed by atoms with Gasteiger partial charge in [-0.15, -0.1) is 5.10 Å². The van der Waals surface area contributed by atoms with Crippen LogP contribution in [0.4, 0.5) is 5.82 Å². The number of rotatable bonds is 5. The number of pyridine rings is 1. The molecule has 25 heavy (non-hydrogen) atoms. The molecular formula is C18H20N6O. The second kappa shape index (κ2) is 7.12. The van der Waals surface area contributed by atoms with E-state index >= 15 is 0 Å². The molecule has 3 rings (SSSR count). The molecule has 0 fully saturated rings. The highest BCUT2D eigenvalue weighted by atomic mass is 16.2. The van der Waals surface area contributed by atoms with Crippen LogP contribution in [0.5, 0.6) is 0 Å². The van der Waals surface area contributed by atoms with Crippen LogP contribution < -0.4 is 10.2 Å². The zero-order valence-corrected chi connectivity index (χ0v) is 14.5. The lowest BCUT2D eigenvalue weighted by atomic mass is 10.2. The highest BCUT2D eigenvalue weighted by Crippen LogP contribution is 2.14. The van der Waals surface area contributed by atoms with E-state index in [0.29, 0.717) is 17.9 Å². The maximum atomic E-state index is 12.5. The summed E-state index contributed by atoms with van der Waals surface area (Å²) in [7, 11) is 3.84. The number of hydrogen-bond acceptors (Lipinski definition) is 5. The molecule has 0 aliphatic rings. The highest BCUT2D eigenvalue weighted by molar-refractivity contribution is 5.93. The number of nitrogens with zero attached hydrogens (tertiary/aromatic N) is 5. The summed E-state index contributed by atoms with van der Waals surface area (Å²) in [5.41, 5.74) is 2.65. The Kier molecular flexibility index (Phi) is 4.74. The minimum absolute atomic E-state index is 0.256. The van der Waals surface area contributed by atoms with Crippen LogP contribution in [0.2, 0.25) is 0 Å². The van der Waals surface area contributed by atoms with Gasteiger partial charge in [0.25, 0.3) is 5.91 Å². The lowest BCUT2D eigenvalue weighted by Gasteiger charge is -2.15. The monoisotopic (exact) mass is 336 g/mol. The fraction of sp³-hybridized carbons (Fsp3) is 0.222. The highest BCUT2D eigenvalue weighted by Gasteiger charge is 2.17. The fourth-order valence-corrected chi connectivity index (χ4v) is 2.50. The predicted octanol–water partition coefficient (Wildman–Crippen LogP) is 1.97. The van der Waals surface area contributed by atoms with Crippen molar-refractivity contribution in [2.75, 3.05) is 19.0 Å². The standard InChI is InChI=1S/C18H20N6O/c1-13-16(22-24(21-13)15-9-5-4-6-10-15)18(25)20-12-14-8-7-11-19-17(14)23(2)3/h4-11H,12H2,1-3H3,(H,20,25). The lowest BCUT2D eigenvalue weighted by Crippen LogP contribution is -2.25. The maximum absolute atomic E-state index is 12.5. The molecule has 0 spiro atoms. The van der Waals surface area contributed by atoms with Crippen LogP contribution in [0.25, 0.3) is 5.69 Å². The van der Waals surface area contributed by atoms with Gasteiger partial charge in [-0.05, 0) is 25.1 Å². The van der Waals surface area contributed by atoms with Gasteiger partial charge in [0.2, 0.25) is 0 Å². The van der Waals surface area contributed by atoms with Gasteiger partial charge in [0, 0.05) is 32.4 Å². The Bertz CT molecular complexity index is 872. The van der Waals surface area contributed by atoms with E-state index in [0.717, 1.165) is 17.1 Å². The first kappa shape index (κ1) is 16.6. The fourth-order valence-electron chi connectivity index (χ4n) is 2.50. The van der Waals surface area contributed by atoms with E-state index in [-0.39, 0.29) is 5.91 Å². The largest absolute Gasteiger partial charge is 0.362 e. The van der Waals surface area contributed by atoms with Crippen molar-refractivity contribution in [1.82, 2.24) is 25.3 Å². The maximum Gasteiger partial charge on any atom is 0.274 e. The number of anilines is 1. The normalized spacial score (nSPS) is 10.5. The minimum Gasteiger partial charge on any atom is -0.362 e. The molecule has 1 aromatic carbocycles. The minimum atomic E-state index is -0.256. The first-order valence-electron chi connectivity index (χ1n) is 7.95. The third kappa shape index (κ3) is 3.65. The average Bonchev–Trinajstić information content (AvgIpc) is 3.02. The van der Waals surface area contributed by atoms with E-state index in [9.17, 15) is 4.79 Å². The van der Waals surface area contributed by atoms with Crippen molar-refractivity contribution in [2.24, 2.45) is 0 Å². The van der Waals surface area contributed by atoms with Crippen LogP contribution in [-0.4, -0.2) is 40.0 Å². The van der Waals surface area contributed by atoms with Gasteiger partial charge in [-0.25, -0.2) is 4.98 Å². The van der Waals surface area contributed by atoms with Crippen molar-refractivity contribution in [3.63, 3.8) is 0 Å². The van der Waals surface area contributed by atoms with Gasteiger partial charge >= 0.3 is 0 Å². The van der Waals surface area contributed by atoms with Gasteiger partial charge in [-0.3, -0.25) is 4.79 Å². The van der Waals surface area contributed by atoms with E-state index in [1.54, 1.807) is 13.1 Å². The molecule has 2 heterocycles. The zero-order chi connectivity index (χ0) is 17.8. The number of benzene rings is 1. The first-order chi connectivity index (χ1) is 12.1. The van der Waals surface area contributed by atoms with Gasteiger partial charge in [-0.1, -0.05) is 24.3 Å². The molecule has 1 amide bonds. The van der Waals surface area contributed by atoms with Gasteiger partial charge in [0.05, 0.1) is 11.4 Å². The van der Waals surface area contributed by atoms with E-state index < -0.39 is 0 Å². The number of para-hydroxylation sites is 1. The second-order valence-corrected chi connectivity index (χ2v) is 5.82. The smallest absolute Gasteiger partial charge is 0.274 e. The summed E-state index contributed by atoms with van der Waals surface area (Å²) in [4.78, 5) is 20.2. The van der Waals surface area contributed by atoms with Gasteiger partial charge in [0.1, 0.15) is 5.82 Å². The molecule has 0 aliphatic carbocycles. The number of aryl methyl sites for hydroxylation is 1. The number of amides is 1. The van der Waals surface area contributed by atoms with E-state index in [1.807, 2.05) is 61.5 Å². The Labute approximate surface area is 146 Å². The molecule has 1 N–H and O–H groups in total. The van der Waals surface area contributed by atoms with E-state index in [2.05, 4.69) is 20.5 Å². The Morgan fingerprint density at radius 2 is 1.88 bits per heavy atom. The Morgan fingerprint density at radius 1 is 1.12 bits per heavy atom. The summed E-state index contributed by atoms with van der Waals surface area (Å²) in [5.74, 6) is 0.570. The third-order valence-corrected chi connectivity index (χ3v) is 3.71. The molecule has 0 aliphatic heterocycles.